The van der Waals surface area contributed by atoms with E-state index < -0.39 is 10.8 Å². The summed E-state index contributed by atoms with van der Waals surface area (Å²) in [6.45, 7) is 1.91. The van der Waals surface area contributed by atoms with E-state index in [2.05, 4.69) is 21.3 Å². The van der Waals surface area contributed by atoms with Gasteiger partial charge in [0.25, 0.3) is 0 Å². The van der Waals surface area contributed by atoms with E-state index in [-0.39, 0.29) is 16.9 Å². The number of nitrogens with zero attached hydrogens (tertiary/aromatic N) is 6. The van der Waals surface area contributed by atoms with Gasteiger partial charge in [0.2, 0.25) is 5.16 Å². The average Bonchev–Trinajstić information content (AvgIpc) is 3.18. The van der Waals surface area contributed by atoms with Crippen LogP contribution in [0.1, 0.15) is 11.1 Å². The average molecular weight is 446 g/mol. The zero-order valence-electron chi connectivity index (χ0n) is 17.0. The maximum Gasteiger partial charge on any atom is 0.330 e. The molecule has 0 saturated carbocycles. The van der Waals surface area contributed by atoms with Crippen LogP contribution in [0.3, 0.4) is 0 Å². The Labute approximate surface area is 185 Å². The molecule has 1 amide bonds. The van der Waals surface area contributed by atoms with Crippen LogP contribution in [0.2, 0.25) is 0 Å². The minimum atomic E-state index is -1.64. The molecule has 0 N–H and O–H groups in total. The molecule has 2 aromatic carbocycles. The summed E-state index contributed by atoms with van der Waals surface area (Å²) in [5.74, 6) is 0.0779. The Kier molecular flexibility index (Phi) is 5.34. The second-order valence-electron chi connectivity index (χ2n) is 7.26. The molecule has 1 aliphatic rings. The van der Waals surface area contributed by atoms with E-state index in [1.807, 2.05) is 24.3 Å². The van der Waals surface area contributed by atoms with Crippen molar-refractivity contribution >= 4 is 38.9 Å². The number of aromatic nitrogens is 4. The van der Waals surface area contributed by atoms with Gasteiger partial charge < -0.3 is 9.64 Å². The topological polar surface area (TPSA) is 114 Å². The van der Waals surface area contributed by atoms with E-state index in [1.54, 1.807) is 29.2 Å². The van der Waals surface area contributed by atoms with Gasteiger partial charge in [0, 0.05) is 18.5 Å². The zero-order chi connectivity index (χ0) is 22.1. The molecular formula is C22H18N6O3S. The van der Waals surface area contributed by atoms with Gasteiger partial charge in [-0.2, -0.15) is 10.2 Å². The van der Waals surface area contributed by atoms with Gasteiger partial charge >= 0.3 is 6.03 Å². The van der Waals surface area contributed by atoms with E-state index in [9.17, 15) is 14.3 Å². The summed E-state index contributed by atoms with van der Waals surface area (Å²) in [6.07, 6.45) is 0. The summed E-state index contributed by atoms with van der Waals surface area (Å²) < 4.78 is 19.9. The van der Waals surface area contributed by atoms with E-state index in [1.165, 1.54) is 4.57 Å². The molecule has 3 heterocycles. The molecular weight excluding hydrogens is 428 g/mol. The Hall–Kier alpha value is -3.68. The van der Waals surface area contributed by atoms with E-state index in [4.69, 9.17) is 4.74 Å². The molecule has 0 bridgehead atoms. The van der Waals surface area contributed by atoms with Crippen molar-refractivity contribution in [3.05, 3.63) is 59.7 Å². The lowest BCUT2D eigenvalue weighted by Gasteiger charge is -2.27. The fraction of sp³-hybridized carbons (Fsp3) is 0.227. The van der Waals surface area contributed by atoms with Crippen molar-refractivity contribution in [1.82, 2.24) is 24.6 Å². The van der Waals surface area contributed by atoms with Crippen LogP contribution < -0.4 is 0 Å². The number of carbonyl (C=O) groups excluding carboxylic acids is 1. The Morgan fingerprint density at radius 2 is 1.84 bits per heavy atom. The minimum absolute atomic E-state index is 0.0177. The SMILES string of the molecule is N#Cc1ccccc1CS(=O)c1nnc2c3ccccc3n(C(=O)N3CCOCC3)c2n1. The largest absolute Gasteiger partial charge is 0.378 e. The lowest BCUT2D eigenvalue weighted by Crippen LogP contribution is -2.42. The third-order valence-corrected chi connectivity index (χ3v) is 6.52. The highest BCUT2D eigenvalue weighted by Crippen LogP contribution is 2.27. The minimum Gasteiger partial charge on any atom is -0.378 e. The lowest BCUT2D eigenvalue weighted by atomic mass is 10.1. The van der Waals surface area contributed by atoms with Crippen LogP contribution in [0.25, 0.3) is 22.1 Å². The molecule has 10 heteroatoms. The van der Waals surface area contributed by atoms with Crippen LogP contribution in [0, 0.1) is 11.3 Å². The highest BCUT2D eigenvalue weighted by atomic mass is 32.2. The number of hydrogen-bond acceptors (Lipinski definition) is 7. The van der Waals surface area contributed by atoms with E-state index in [0.29, 0.717) is 54.1 Å². The van der Waals surface area contributed by atoms with Crippen LogP contribution in [-0.2, 0) is 21.3 Å². The molecule has 1 saturated heterocycles. The molecule has 160 valence electrons. The van der Waals surface area contributed by atoms with E-state index >= 15 is 0 Å². The van der Waals surface area contributed by atoms with Crippen molar-refractivity contribution in [2.24, 2.45) is 0 Å². The number of rotatable bonds is 3. The van der Waals surface area contributed by atoms with Gasteiger partial charge in [-0.25, -0.2) is 9.36 Å². The summed E-state index contributed by atoms with van der Waals surface area (Å²) in [7, 11) is -1.64. The van der Waals surface area contributed by atoms with Gasteiger partial charge in [0.1, 0.15) is 5.52 Å². The molecule has 5 rings (SSSR count). The second-order valence-corrected chi connectivity index (χ2v) is 8.60. The standard InChI is InChI=1S/C22H18N6O3S/c23-13-15-5-1-2-6-16(15)14-32(30)21-24-20-19(25-26-21)17-7-3-4-8-18(17)28(20)22(29)27-9-11-31-12-10-27/h1-8H,9-12,14H2. The quantitative estimate of drug-likeness (QED) is 0.475. The Morgan fingerprint density at radius 3 is 2.66 bits per heavy atom. The number of ether oxygens (including phenoxy) is 1. The summed E-state index contributed by atoms with van der Waals surface area (Å²) in [5, 5.41) is 18.4. The van der Waals surface area contributed by atoms with E-state index in [0.717, 1.165) is 5.39 Å². The Morgan fingerprint density at radius 1 is 1.09 bits per heavy atom. The number of morpholine rings is 1. The number of nitriles is 1. The summed E-state index contributed by atoms with van der Waals surface area (Å²) >= 11 is 0. The van der Waals surface area contributed by atoms with Gasteiger partial charge in [-0.3, -0.25) is 4.21 Å². The van der Waals surface area contributed by atoms with Crippen LogP contribution in [-0.4, -0.2) is 61.2 Å². The molecule has 0 aliphatic carbocycles. The first-order valence-corrected chi connectivity index (χ1v) is 11.4. The lowest BCUT2D eigenvalue weighted by molar-refractivity contribution is 0.0539. The fourth-order valence-corrected chi connectivity index (χ4v) is 4.75. The maximum atomic E-state index is 13.4. The summed E-state index contributed by atoms with van der Waals surface area (Å²) in [6, 6.07) is 16.2. The molecule has 32 heavy (non-hydrogen) atoms. The van der Waals surface area contributed by atoms with Crippen molar-refractivity contribution in [3.63, 3.8) is 0 Å². The fourth-order valence-electron chi connectivity index (χ4n) is 3.76. The maximum absolute atomic E-state index is 13.4. The number of fused-ring (bicyclic) bond motifs is 3. The van der Waals surface area contributed by atoms with Gasteiger partial charge in [-0.1, -0.05) is 36.4 Å². The molecule has 9 nitrogen and oxygen atoms in total. The highest BCUT2D eigenvalue weighted by molar-refractivity contribution is 7.84. The number of benzene rings is 2. The predicted octanol–water partition coefficient (Wildman–Crippen LogP) is 2.46. The molecule has 4 aromatic rings. The van der Waals surface area contributed by atoms with Crippen molar-refractivity contribution < 1.29 is 13.7 Å². The predicted molar refractivity (Wildman–Crippen MR) is 117 cm³/mol. The first-order valence-electron chi connectivity index (χ1n) is 10.0. The van der Waals surface area contributed by atoms with Crippen molar-refractivity contribution in [1.29, 1.82) is 5.26 Å². The summed E-state index contributed by atoms with van der Waals surface area (Å²) in [4.78, 5) is 19.6. The van der Waals surface area contributed by atoms with Crippen LogP contribution >= 0.6 is 0 Å². The van der Waals surface area contributed by atoms with Gasteiger partial charge in [-0.05, 0) is 17.7 Å². The Bertz CT molecular complexity index is 1400. The van der Waals surface area contributed by atoms with Crippen molar-refractivity contribution in [2.45, 2.75) is 10.9 Å². The molecule has 1 atom stereocenters. The summed E-state index contributed by atoms with van der Waals surface area (Å²) in [5.41, 5.74) is 2.54. The molecule has 1 aliphatic heterocycles. The number of para-hydroxylation sites is 1. The number of amides is 1. The molecule has 0 radical (unpaired) electrons. The van der Waals surface area contributed by atoms with Crippen molar-refractivity contribution in [3.8, 4) is 6.07 Å². The second kappa shape index (κ2) is 8.45. The van der Waals surface area contributed by atoms with Crippen molar-refractivity contribution in [2.75, 3.05) is 26.3 Å². The molecule has 1 unspecified atom stereocenters. The van der Waals surface area contributed by atoms with Gasteiger partial charge in [-0.15, -0.1) is 10.2 Å². The van der Waals surface area contributed by atoms with Crippen LogP contribution in [0.4, 0.5) is 4.79 Å². The molecule has 2 aromatic heterocycles. The molecule has 0 spiro atoms. The normalized spacial score (nSPS) is 15.0. The van der Waals surface area contributed by atoms with Gasteiger partial charge in [0.05, 0.1) is 46.9 Å². The third-order valence-electron chi connectivity index (χ3n) is 5.36. The Balaban J connectivity index is 1.60. The third kappa shape index (κ3) is 3.51. The van der Waals surface area contributed by atoms with Crippen LogP contribution in [0.5, 0.6) is 0 Å². The number of hydrogen-bond donors (Lipinski definition) is 0. The van der Waals surface area contributed by atoms with Crippen LogP contribution in [0.15, 0.2) is 53.7 Å². The smallest absolute Gasteiger partial charge is 0.330 e. The first-order chi connectivity index (χ1) is 15.7. The number of carbonyl (C=O) groups is 1. The zero-order valence-corrected chi connectivity index (χ0v) is 17.8. The highest BCUT2D eigenvalue weighted by Gasteiger charge is 2.25. The molecule has 1 fully saturated rings. The monoisotopic (exact) mass is 446 g/mol. The van der Waals surface area contributed by atoms with Gasteiger partial charge in [0.15, 0.2) is 5.65 Å². The first kappa shape index (κ1) is 20.2.